The molecule has 2 aliphatic rings. The molecule has 2 unspecified atom stereocenters. The van der Waals surface area contributed by atoms with Gasteiger partial charge in [-0.3, -0.25) is 4.90 Å². The van der Waals surface area contributed by atoms with Crippen LogP contribution in [0.4, 0.5) is 0 Å². The van der Waals surface area contributed by atoms with E-state index in [-0.39, 0.29) is 0 Å². The predicted molar refractivity (Wildman–Crippen MR) is 68.8 cm³/mol. The van der Waals surface area contributed by atoms with Gasteiger partial charge >= 0.3 is 0 Å². The summed E-state index contributed by atoms with van der Waals surface area (Å²) < 4.78 is 0. The Balaban J connectivity index is 1.88. The fraction of sp³-hybridized carbons (Fsp3) is 0.917. The maximum Gasteiger partial charge on any atom is 0.0599 e. The second-order valence-corrected chi connectivity index (χ2v) is 5.26. The van der Waals surface area contributed by atoms with E-state index in [9.17, 15) is 0 Å². The van der Waals surface area contributed by atoms with Gasteiger partial charge in [0.2, 0.25) is 0 Å². The van der Waals surface area contributed by atoms with Crippen molar-refractivity contribution in [2.75, 3.05) is 39.8 Å². The monoisotopic (exact) mass is 240 g/mol. The molecule has 2 fully saturated rings. The summed E-state index contributed by atoms with van der Waals surface area (Å²) in [6.07, 6.45) is 1.76. The summed E-state index contributed by atoms with van der Waals surface area (Å²) in [4.78, 5) is 4.91. The first-order valence-corrected chi connectivity index (χ1v) is 6.56. The Morgan fingerprint density at radius 3 is 2.71 bits per heavy atom. The number of hydrogen-bond acceptors (Lipinski definition) is 5. The van der Waals surface area contributed by atoms with E-state index in [4.69, 9.17) is 5.21 Å². The summed E-state index contributed by atoms with van der Waals surface area (Å²) in [6, 6.07) is 0.943. The minimum atomic E-state index is 0.429. The number of nitrogens with one attached hydrogen (secondary N) is 1. The maximum atomic E-state index is 8.88. The van der Waals surface area contributed by atoms with Gasteiger partial charge in [-0.2, -0.15) is 0 Å². The van der Waals surface area contributed by atoms with E-state index in [2.05, 4.69) is 34.2 Å². The highest BCUT2D eigenvalue weighted by Gasteiger charge is 2.28. The highest BCUT2D eigenvalue weighted by molar-refractivity contribution is 5.85. The van der Waals surface area contributed by atoms with Crippen molar-refractivity contribution in [1.29, 1.82) is 0 Å². The van der Waals surface area contributed by atoms with Crippen molar-refractivity contribution in [2.45, 2.75) is 31.8 Å². The van der Waals surface area contributed by atoms with E-state index < -0.39 is 0 Å². The highest BCUT2D eigenvalue weighted by atomic mass is 16.4. The fourth-order valence-electron chi connectivity index (χ4n) is 2.75. The second kappa shape index (κ2) is 5.80. The van der Waals surface area contributed by atoms with Crippen LogP contribution in [0.25, 0.3) is 0 Å². The molecule has 0 aromatic carbocycles. The molecule has 2 heterocycles. The van der Waals surface area contributed by atoms with E-state index >= 15 is 0 Å². The van der Waals surface area contributed by atoms with Gasteiger partial charge in [-0.25, -0.2) is 0 Å². The number of piperidine rings is 1. The molecule has 0 aliphatic carbocycles. The van der Waals surface area contributed by atoms with Crippen LogP contribution in [0.5, 0.6) is 0 Å². The van der Waals surface area contributed by atoms with E-state index in [1.807, 2.05) is 0 Å². The van der Waals surface area contributed by atoms with Crippen molar-refractivity contribution in [3.05, 3.63) is 0 Å². The summed E-state index contributed by atoms with van der Waals surface area (Å²) in [5.74, 6) is 0. The highest BCUT2D eigenvalue weighted by Crippen LogP contribution is 2.15. The van der Waals surface area contributed by atoms with Crippen LogP contribution >= 0.6 is 0 Å². The first-order chi connectivity index (χ1) is 8.20. The lowest BCUT2D eigenvalue weighted by Gasteiger charge is -2.41. The van der Waals surface area contributed by atoms with Gasteiger partial charge < -0.3 is 15.4 Å². The van der Waals surface area contributed by atoms with Crippen molar-refractivity contribution >= 4 is 5.71 Å². The number of nitrogens with zero attached hydrogens (tertiary/aromatic N) is 3. The van der Waals surface area contributed by atoms with Crippen LogP contribution in [-0.4, -0.2) is 72.6 Å². The number of hydrogen-bond donors (Lipinski definition) is 2. The summed E-state index contributed by atoms with van der Waals surface area (Å²) in [5.41, 5.74) is 0.940. The van der Waals surface area contributed by atoms with Gasteiger partial charge in [-0.15, -0.1) is 0 Å². The summed E-state index contributed by atoms with van der Waals surface area (Å²) in [6.45, 7) is 7.80. The maximum absolute atomic E-state index is 8.88. The Hall–Kier alpha value is -0.650. The molecule has 17 heavy (non-hydrogen) atoms. The molecule has 0 amide bonds. The first-order valence-electron chi connectivity index (χ1n) is 6.56. The fourth-order valence-corrected chi connectivity index (χ4v) is 2.75. The molecular weight excluding hydrogens is 216 g/mol. The Bertz CT molecular complexity index is 274. The van der Waals surface area contributed by atoms with Crippen molar-refractivity contribution in [3.63, 3.8) is 0 Å². The lowest BCUT2D eigenvalue weighted by atomic mass is 9.96. The Morgan fingerprint density at radius 1 is 1.35 bits per heavy atom. The topological polar surface area (TPSA) is 51.1 Å². The number of oxime groups is 1. The lowest BCUT2D eigenvalue weighted by Crippen LogP contribution is -2.56. The molecule has 5 nitrogen and oxygen atoms in total. The van der Waals surface area contributed by atoms with Crippen molar-refractivity contribution in [2.24, 2.45) is 5.16 Å². The SMILES string of the molecule is CC(C1CC(=NO)CCN1)N1CCN(C)CC1. The molecule has 98 valence electrons. The van der Waals surface area contributed by atoms with Crippen LogP contribution in [0.3, 0.4) is 0 Å². The summed E-state index contributed by atoms with van der Waals surface area (Å²) >= 11 is 0. The van der Waals surface area contributed by atoms with Crippen LogP contribution in [0, 0.1) is 0 Å². The number of rotatable bonds is 2. The van der Waals surface area contributed by atoms with E-state index in [1.165, 1.54) is 0 Å². The van der Waals surface area contributed by atoms with E-state index in [0.717, 1.165) is 51.3 Å². The minimum absolute atomic E-state index is 0.429. The first kappa shape index (κ1) is 12.8. The zero-order chi connectivity index (χ0) is 12.3. The Labute approximate surface area is 103 Å². The summed E-state index contributed by atoms with van der Waals surface area (Å²) in [7, 11) is 2.18. The molecule has 0 spiro atoms. The molecule has 5 heteroatoms. The smallest absolute Gasteiger partial charge is 0.0599 e. The third-order valence-electron chi connectivity index (χ3n) is 4.11. The third-order valence-corrected chi connectivity index (χ3v) is 4.11. The lowest BCUT2D eigenvalue weighted by molar-refractivity contribution is 0.0985. The standard InChI is InChI=1S/C12H24N4O/c1-10(16-7-5-15(2)6-8-16)12-9-11(14-17)3-4-13-12/h10,12-13,17H,3-9H2,1-2H3. The second-order valence-electron chi connectivity index (χ2n) is 5.26. The van der Waals surface area contributed by atoms with Gasteiger partial charge in [0.25, 0.3) is 0 Å². The van der Waals surface area contributed by atoms with Crippen LogP contribution < -0.4 is 5.32 Å². The van der Waals surface area contributed by atoms with Crippen LogP contribution in [-0.2, 0) is 0 Å². The van der Waals surface area contributed by atoms with Gasteiger partial charge in [0, 0.05) is 57.6 Å². The normalized spacial score (nSPS) is 32.8. The molecule has 0 bridgehead atoms. The number of piperazine rings is 1. The quantitative estimate of drug-likeness (QED) is 0.535. The zero-order valence-electron chi connectivity index (χ0n) is 10.9. The van der Waals surface area contributed by atoms with E-state index in [1.54, 1.807) is 0 Å². The van der Waals surface area contributed by atoms with Gasteiger partial charge in [0.1, 0.15) is 0 Å². The molecule has 2 atom stereocenters. The minimum Gasteiger partial charge on any atom is -0.411 e. The number of likely N-dealkylation sites (N-methyl/N-ethyl adjacent to an activating group) is 1. The largest absolute Gasteiger partial charge is 0.411 e. The molecule has 2 N–H and O–H groups in total. The molecule has 2 aliphatic heterocycles. The average molecular weight is 240 g/mol. The summed E-state index contributed by atoms with van der Waals surface area (Å²) in [5, 5.41) is 15.8. The van der Waals surface area contributed by atoms with Crippen LogP contribution in [0.1, 0.15) is 19.8 Å². The predicted octanol–water partition coefficient (Wildman–Crippen LogP) is 0.205. The molecule has 0 aromatic rings. The average Bonchev–Trinajstić information content (AvgIpc) is 2.39. The molecule has 0 aromatic heterocycles. The van der Waals surface area contributed by atoms with Crippen LogP contribution in [0.15, 0.2) is 5.16 Å². The van der Waals surface area contributed by atoms with Crippen LogP contribution in [0.2, 0.25) is 0 Å². The van der Waals surface area contributed by atoms with Crippen molar-refractivity contribution in [3.8, 4) is 0 Å². The Kier molecular flexibility index (Phi) is 4.36. The molecule has 0 saturated carbocycles. The molecule has 2 rings (SSSR count). The molecule has 0 radical (unpaired) electrons. The van der Waals surface area contributed by atoms with E-state index in [0.29, 0.717) is 12.1 Å². The van der Waals surface area contributed by atoms with Crippen molar-refractivity contribution < 1.29 is 5.21 Å². The zero-order valence-corrected chi connectivity index (χ0v) is 10.9. The van der Waals surface area contributed by atoms with Gasteiger partial charge in [0.05, 0.1) is 5.71 Å². The van der Waals surface area contributed by atoms with Gasteiger partial charge in [-0.1, -0.05) is 5.16 Å². The van der Waals surface area contributed by atoms with Gasteiger partial charge in [0.15, 0.2) is 0 Å². The molecular formula is C12H24N4O. The third kappa shape index (κ3) is 3.18. The van der Waals surface area contributed by atoms with Crippen molar-refractivity contribution in [1.82, 2.24) is 15.1 Å². The van der Waals surface area contributed by atoms with Gasteiger partial charge in [-0.05, 0) is 14.0 Å². The molecule has 2 saturated heterocycles. The Morgan fingerprint density at radius 2 is 2.06 bits per heavy atom.